The van der Waals surface area contributed by atoms with Gasteiger partial charge in [-0.1, -0.05) is 0 Å². The van der Waals surface area contributed by atoms with E-state index in [0.29, 0.717) is 0 Å². The highest BCUT2D eigenvalue weighted by molar-refractivity contribution is 5.90. The summed E-state index contributed by atoms with van der Waals surface area (Å²) in [5, 5.41) is 2.49. The number of primary amides is 1. The molecule has 21 heavy (non-hydrogen) atoms. The van der Waals surface area contributed by atoms with Gasteiger partial charge in [-0.25, -0.2) is 4.79 Å². The maximum absolute atomic E-state index is 12.3. The minimum absolute atomic E-state index is 0.0502. The van der Waals surface area contributed by atoms with Crippen LogP contribution in [0.5, 0.6) is 0 Å². The van der Waals surface area contributed by atoms with Crippen LogP contribution in [0.1, 0.15) is 40.0 Å². The van der Waals surface area contributed by atoms with Crippen molar-refractivity contribution in [1.82, 2.24) is 10.2 Å². The summed E-state index contributed by atoms with van der Waals surface area (Å²) in [6, 6.07) is -0.507. The molecule has 3 amide bonds. The van der Waals surface area contributed by atoms with Gasteiger partial charge in [-0.05, 0) is 46.0 Å². The topological polar surface area (TPSA) is 102 Å². The van der Waals surface area contributed by atoms with Gasteiger partial charge < -0.3 is 15.8 Å². The monoisotopic (exact) mass is 297 g/mol. The Morgan fingerprint density at radius 3 is 2.52 bits per heavy atom. The summed E-state index contributed by atoms with van der Waals surface area (Å²) < 4.78 is 5.40. The minimum Gasteiger partial charge on any atom is -0.444 e. The standard InChI is InChI=1S/C14H23N3O4/c1-14(2,3)21-13(20)17-9-5-4-8(6-9)11(17)12(19)16-7-10(15)18/h8-9,11H,4-7H2,1-3H3,(H2,15,18)(H,16,19). The average molecular weight is 297 g/mol. The van der Waals surface area contributed by atoms with Crippen molar-refractivity contribution in [2.75, 3.05) is 6.54 Å². The molecule has 1 heterocycles. The summed E-state index contributed by atoms with van der Waals surface area (Å²) in [5.74, 6) is -0.794. The molecule has 118 valence electrons. The van der Waals surface area contributed by atoms with Crippen LogP contribution in [0.2, 0.25) is 0 Å². The predicted molar refractivity (Wildman–Crippen MR) is 75.2 cm³/mol. The molecule has 2 aliphatic rings. The molecular weight excluding hydrogens is 274 g/mol. The van der Waals surface area contributed by atoms with E-state index in [-0.39, 0.29) is 24.4 Å². The van der Waals surface area contributed by atoms with Crippen LogP contribution in [-0.2, 0) is 14.3 Å². The van der Waals surface area contributed by atoms with Crippen molar-refractivity contribution in [3.63, 3.8) is 0 Å². The molecule has 0 radical (unpaired) electrons. The van der Waals surface area contributed by atoms with Gasteiger partial charge in [-0.3, -0.25) is 14.5 Å². The van der Waals surface area contributed by atoms with Gasteiger partial charge in [0.2, 0.25) is 11.8 Å². The van der Waals surface area contributed by atoms with Crippen LogP contribution in [0.3, 0.4) is 0 Å². The van der Waals surface area contributed by atoms with E-state index in [1.54, 1.807) is 20.8 Å². The van der Waals surface area contributed by atoms with Crippen molar-refractivity contribution in [1.29, 1.82) is 0 Å². The molecule has 0 spiro atoms. The van der Waals surface area contributed by atoms with Crippen LogP contribution >= 0.6 is 0 Å². The average Bonchev–Trinajstić information content (AvgIpc) is 2.93. The summed E-state index contributed by atoms with van der Waals surface area (Å²) in [6.07, 6.45) is 2.16. The van der Waals surface area contributed by atoms with Crippen LogP contribution < -0.4 is 11.1 Å². The largest absolute Gasteiger partial charge is 0.444 e. The van der Waals surface area contributed by atoms with E-state index >= 15 is 0 Å². The minimum atomic E-state index is -0.604. The number of rotatable bonds is 3. The Morgan fingerprint density at radius 2 is 1.95 bits per heavy atom. The number of amides is 3. The molecule has 1 aliphatic carbocycles. The van der Waals surface area contributed by atoms with Gasteiger partial charge in [-0.15, -0.1) is 0 Å². The molecule has 1 saturated heterocycles. The first-order chi connectivity index (χ1) is 9.69. The van der Waals surface area contributed by atoms with E-state index in [1.165, 1.54) is 4.90 Å². The van der Waals surface area contributed by atoms with E-state index in [0.717, 1.165) is 19.3 Å². The number of nitrogens with two attached hydrogens (primary N) is 1. The second-order valence-corrected chi connectivity index (χ2v) is 6.74. The first kappa shape index (κ1) is 15.6. The molecule has 0 aromatic heterocycles. The molecule has 7 heteroatoms. The number of carbonyl (C=O) groups is 3. The summed E-state index contributed by atoms with van der Waals surface area (Å²) >= 11 is 0. The SMILES string of the molecule is CC(C)(C)OC(=O)N1C2CCC(C2)C1C(=O)NCC(N)=O. The Morgan fingerprint density at radius 1 is 1.29 bits per heavy atom. The van der Waals surface area contributed by atoms with Crippen LogP contribution in [0.15, 0.2) is 0 Å². The molecule has 3 unspecified atom stereocenters. The lowest BCUT2D eigenvalue weighted by atomic mass is 9.98. The highest BCUT2D eigenvalue weighted by atomic mass is 16.6. The van der Waals surface area contributed by atoms with E-state index in [2.05, 4.69) is 5.32 Å². The third kappa shape index (κ3) is 3.46. The lowest BCUT2D eigenvalue weighted by Gasteiger charge is -2.35. The Labute approximate surface area is 124 Å². The zero-order valence-electron chi connectivity index (χ0n) is 12.7. The van der Waals surface area contributed by atoms with Gasteiger partial charge in [0.1, 0.15) is 11.6 Å². The molecule has 2 bridgehead atoms. The molecule has 2 rings (SSSR count). The summed E-state index contributed by atoms with van der Waals surface area (Å²) in [6.45, 7) is 5.17. The van der Waals surface area contributed by atoms with E-state index in [4.69, 9.17) is 10.5 Å². The van der Waals surface area contributed by atoms with Crippen molar-refractivity contribution in [3.05, 3.63) is 0 Å². The number of carbonyl (C=O) groups excluding carboxylic acids is 3. The maximum Gasteiger partial charge on any atom is 0.411 e. The van der Waals surface area contributed by atoms with Crippen molar-refractivity contribution in [2.24, 2.45) is 11.7 Å². The quantitative estimate of drug-likeness (QED) is 0.786. The molecule has 1 aliphatic heterocycles. The van der Waals surface area contributed by atoms with Crippen molar-refractivity contribution in [2.45, 2.75) is 57.7 Å². The van der Waals surface area contributed by atoms with Crippen LogP contribution in [0, 0.1) is 5.92 Å². The van der Waals surface area contributed by atoms with Gasteiger partial charge in [0.25, 0.3) is 0 Å². The van der Waals surface area contributed by atoms with Crippen molar-refractivity contribution >= 4 is 17.9 Å². The smallest absolute Gasteiger partial charge is 0.411 e. The third-order valence-electron chi connectivity index (χ3n) is 3.89. The van der Waals surface area contributed by atoms with E-state index in [1.807, 2.05) is 0 Å². The van der Waals surface area contributed by atoms with Crippen LogP contribution in [0.25, 0.3) is 0 Å². The number of nitrogens with zero attached hydrogens (tertiary/aromatic N) is 1. The summed E-state index contributed by atoms with van der Waals surface area (Å²) in [4.78, 5) is 36.9. The predicted octanol–water partition coefficient (Wildman–Crippen LogP) is 0.376. The number of likely N-dealkylation sites (tertiary alicyclic amines) is 1. The van der Waals surface area contributed by atoms with Gasteiger partial charge in [-0.2, -0.15) is 0 Å². The van der Waals surface area contributed by atoms with Crippen LogP contribution in [0.4, 0.5) is 4.79 Å². The zero-order valence-corrected chi connectivity index (χ0v) is 12.7. The number of ether oxygens (including phenoxy) is 1. The van der Waals surface area contributed by atoms with Gasteiger partial charge >= 0.3 is 6.09 Å². The molecule has 2 fully saturated rings. The second kappa shape index (κ2) is 5.54. The molecule has 3 atom stereocenters. The number of fused-ring (bicyclic) bond motifs is 2. The highest BCUT2D eigenvalue weighted by Gasteiger charge is 2.52. The third-order valence-corrected chi connectivity index (χ3v) is 3.89. The molecule has 0 aromatic carbocycles. The first-order valence-electron chi connectivity index (χ1n) is 7.26. The van der Waals surface area contributed by atoms with Gasteiger partial charge in [0.05, 0.1) is 6.54 Å². The fourth-order valence-corrected chi connectivity index (χ4v) is 3.18. The second-order valence-electron chi connectivity index (χ2n) is 6.74. The Hall–Kier alpha value is -1.79. The number of piperidine rings is 1. The fourth-order valence-electron chi connectivity index (χ4n) is 3.18. The van der Waals surface area contributed by atoms with Gasteiger partial charge in [0.15, 0.2) is 0 Å². The Kier molecular flexibility index (Phi) is 4.11. The molecule has 1 saturated carbocycles. The summed E-state index contributed by atoms with van der Waals surface area (Å²) in [7, 11) is 0. The molecule has 3 N–H and O–H groups in total. The van der Waals surface area contributed by atoms with E-state index in [9.17, 15) is 14.4 Å². The zero-order chi connectivity index (χ0) is 15.8. The molecular formula is C14H23N3O4. The van der Waals surface area contributed by atoms with E-state index < -0.39 is 23.6 Å². The fraction of sp³-hybridized carbons (Fsp3) is 0.786. The van der Waals surface area contributed by atoms with Crippen molar-refractivity contribution in [3.8, 4) is 0 Å². The lowest BCUT2D eigenvalue weighted by molar-refractivity contribution is -0.130. The van der Waals surface area contributed by atoms with Crippen LogP contribution in [-0.4, -0.2) is 47.0 Å². The maximum atomic E-state index is 12.3. The highest BCUT2D eigenvalue weighted by Crippen LogP contribution is 2.43. The normalized spacial score (nSPS) is 27.6. The molecule has 7 nitrogen and oxygen atoms in total. The Bertz CT molecular complexity index is 458. The number of hydrogen-bond acceptors (Lipinski definition) is 4. The molecule has 0 aromatic rings. The number of hydrogen-bond donors (Lipinski definition) is 2. The van der Waals surface area contributed by atoms with Crippen molar-refractivity contribution < 1.29 is 19.1 Å². The number of nitrogens with one attached hydrogen (secondary N) is 1. The Balaban J connectivity index is 2.08. The first-order valence-corrected chi connectivity index (χ1v) is 7.26. The lowest BCUT2D eigenvalue weighted by Crippen LogP contribution is -2.54. The summed E-state index contributed by atoms with van der Waals surface area (Å²) in [5.41, 5.74) is 4.43. The van der Waals surface area contributed by atoms with Gasteiger partial charge in [0, 0.05) is 6.04 Å².